The van der Waals surface area contributed by atoms with Gasteiger partial charge >= 0.3 is 6.09 Å². The molecule has 0 atom stereocenters. The molecule has 1 aliphatic rings. The van der Waals surface area contributed by atoms with Crippen molar-refractivity contribution >= 4 is 12.3 Å². The summed E-state index contributed by atoms with van der Waals surface area (Å²) in [5.74, 6) is 0.517. The smallest absolute Gasteiger partial charge is 0.428 e. The van der Waals surface area contributed by atoms with Crippen LogP contribution in [-0.4, -0.2) is 17.9 Å². The highest BCUT2D eigenvalue weighted by atomic mass is 16.6. The molecule has 16 heavy (non-hydrogen) atoms. The summed E-state index contributed by atoms with van der Waals surface area (Å²) in [5, 5.41) is 3.93. The van der Waals surface area contributed by atoms with E-state index in [1.54, 1.807) is 0 Å². The molecule has 1 N–H and O–H groups in total. The molecule has 0 radical (unpaired) electrons. The molecule has 0 saturated heterocycles. The lowest BCUT2D eigenvalue weighted by Crippen LogP contribution is -2.30. The zero-order chi connectivity index (χ0) is 12.0. The molecule has 92 valence electrons. The lowest BCUT2D eigenvalue weighted by molar-refractivity contribution is 0.0529. The number of nitrogens with one attached hydrogen (secondary N) is 1. The average Bonchev–Trinajstić information content (AvgIpc) is 2.16. The molecule has 1 saturated carbocycles. The summed E-state index contributed by atoms with van der Waals surface area (Å²) >= 11 is 0. The number of carbonyl (C=O) groups is 1. The van der Waals surface area contributed by atoms with E-state index in [4.69, 9.17) is 4.74 Å². The Morgan fingerprint density at radius 1 is 1.31 bits per heavy atom. The number of hydrazone groups is 1. The van der Waals surface area contributed by atoms with Crippen LogP contribution in [0, 0.1) is 5.92 Å². The van der Waals surface area contributed by atoms with Crippen molar-refractivity contribution in [2.45, 2.75) is 58.5 Å². The van der Waals surface area contributed by atoms with Gasteiger partial charge in [-0.15, -0.1) is 0 Å². The predicted molar refractivity (Wildman–Crippen MR) is 64.4 cm³/mol. The highest BCUT2D eigenvalue weighted by molar-refractivity contribution is 5.70. The van der Waals surface area contributed by atoms with Crippen LogP contribution in [0.3, 0.4) is 0 Å². The maximum absolute atomic E-state index is 11.3. The van der Waals surface area contributed by atoms with Crippen LogP contribution in [0.25, 0.3) is 0 Å². The van der Waals surface area contributed by atoms with E-state index in [-0.39, 0.29) is 0 Å². The van der Waals surface area contributed by atoms with Gasteiger partial charge in [-0.2, -0.15) is 5.10 Å². The van der Waals surface area contributed by atoms with Crippen LogP contribution in [-0.2, 0) is 4.74 Å². The Bertz CT molecular complexity index is 250. The van der Waals surface area contributed by atoms with Crippen molar-refractivity contribution in [3.8, 4) is 0 Å². The summed E-state index contributed by atoms with van der Waals surface area (Å²) in [4.78, 5) is 11.3. The first-order valence-corrected chi connectivity index (χ1v) is 5.99. The molecule has 1 amide bonds. The van der Waals surface area contributed by atoms with Crippen LogP contribution >= 0.6 is 0 Å². The second-order valence-electron chi connectivity index (χ2n) is 5.29. The van der Waals surface area contributed by atoms with E-state index in [9.17, 15) is 4.79 Å². The van der Waals surface area contributed by atoms with E-state index in [1.807, 2.05) is 27.0 Å². The van der Waals surface area contributed by atoms with Crippen molar-refractivity contribution < 1.29 is 9.53 Å². The lowest BCUT2D eigenvalue weighted by atomic mass is 9.90. The van der Waals surface area contributed by atoms with Gasteiger partial charge in [0.05, 0.1) is 0 Å². The maximum atomic E-state index is 11.3. The molecule has 0 bridgehead atoms. The van der Waals surface area contributed by atoms with Gasteiger partial charge in [-0.25, -0.2) is 10.2 Å². The van der Waals surface area contributed by atoms with Crippen molar-refractivity contribution in [2.75, 3.05) is 0 Å². The fourth-order valence-electron chi connectivity index (χ4n) is 1.78. The molecular weight excluding hydrogens is 204 g/mol. The van der Waals surface area contributed by atoms with E-state index in [1.165, 1.54) is 32.1 Å². The van der Waals surface area contributed by atoms with Gasteiger partial charge in [-0.05, 0) is 39.5 Å². The molecule has 4 heteroatoms. The molecule has 0 aromatic rings. The van der Waals surface area contributed by atoms with Gasteiger partial charge in [-0.1, -0.05) is 19.3 Å². The van der Waals surface area contributed by atoms with E-state index >= 15 is 0 Å². The first-order valence-electron chi connectivity index (χ1n) is 5.99. The molecule has 0 heterocycles. The van der Waals surface area contributed by atoms with Crippen LogP contribution in [0.4, 0.5) is 4.79 Å². The predicted octanol–water partition coefficient (Wildman–Crippen LogP) is 3.08. The summed E-state index contributed by atoms with van der Waals surface area (Å²) in [5.41, 5.74) is 1.93. The molecule has 4 nitrogen and oxygen atoms in total. The summed E-state index contributed by atoms with van der Waals surface area (Å²) in [6, 6.07) is 0. The van der Waals surface area contributed by atoms with Crippen molar-refractivity contribution in [3.05, 3.63) is 0 Å². The molecule has 0 spiro atoms. The van der Waals surface area contributed by atoms with Crippen LogP contribution in [0.15, 0.2) is 5.10 Å². The van der Waals surface area contributed by atoms with Gasteiger partial charge < -0.3 is 4.74 Å². The second-order valence-corrected chi connectivity index (χ2v) is 5.29. The minimum absolute atomic E-state index is 0.468. The van der Waals surface area contributed by atoms with Crippen molar-refractivity contribution in [3.63, 3.8) is 0 Å². The largest absolute Gasteiger partial charge is 0.443 e. The number of hydrogen-bond donors (Lipinski definition) is 1. The Balaban J connectivity index is 2.22. The third-order valence-corrected chi connectivity index (χ3v) is 2.49. The fraction of sp³-hybridized carbons (Fsp3) is 0.833. The summed E-state index contributed by atoms with van der Waals surface area (Å²) < 4.78 is 5.06. The Morgan fingerprint density at radius 2 is 1.94 bits per heavy atom. The number of amides is 1. The number of nitrogens with zero attached hydrogens (tertiary/aromatic N) is 1. The molecular formula is C12H22N2O2. The van der Waals surface area contributed by atoms with E-state index in [0.29, 0.717) is 5.92 Å². The van der Waals surface area contributed by atoms with E-state index < -0.39 is 11.7 Å². The summed E-state index contributed by atoms with van der Waals surface area (Å²) in [6.45, 7) is 5.49. The number of carbonyl (C=O) groups excluding carboxylic acids is 1. The second kappa shape index (κ2) is 5.87. The normalized spacial score (nSPS) is 18.7. The number of rotatable bonds is 2. The van der Waals surface area contributed by atoms with E-state index in [2.05, 4.69) is 10.5 Å². The fourth-order valence-corrected chi connectivity index (χ4v) is 1.78. The highest BCUT2D eigenvalue weighted by Gasteiger charge is 2.15. The van der Waals surface area contributed by atoms with Crippen molar-refractivity contribution in [1.82, 2.24) is 5.43 Å². The van der Waals surface area contributed by atoms with Crippen molar-refractivity contribution in [1.29, 1.82) is 0 Å². The Hall–Kier alpha value is -1.06. The summed E-state index contributed by atoms with van der Waals surface area (Å²) in [6.07, 6.45) is 7.57. The zero-order valence-corrected chi connectivity index (χ0v) is 10.5. The standard InChI is InChI=1S/C12H22N2O2/c1-12(2,3)16-11(15)14-13-9-10-7-5-4-6-8-10/h9-10H,4-8H2,1-3H3,(H,14,15). The Labute approximate surface area is 97.4 Å². The minimum atomic E-state index is -0.487. The van der Waals surface area contributed by atoms with Crippen LogP contribution < -0.4 is 5.43 Å². The maximum Gasteiger partial charge on any atom is 0.428 e. The third-order valence-electron chi connectivity index (χ3n) is 2.49. The quantitative estimate of drug-likeness (QED) is 0.581. The molecule has 0 aromatic carbocycles. The minimum Gasteiger partial charge on any atom is -0.443 e. The van der Waals surface area contributed by atoms with Gasteiger partial charge in [0.2, 0.25) is 0 Å². The van der Waals surface area contributed by atoms with Crippen molar-refractivity contribution in [2.24, 2.45) is 11.0 Å². The molecule has 0 unspecified atom stereocenters. The van der Waals surface area contributed by atoms with E-state index in [0.717, 1.165) is 0 Å². The van der Waals surface area contributed by atoms with Gasteiger partial charge in [0.25, 0.3) is 0 Å². The Morgan fingerprint density at radius 3 is 2.50 bits per heavy atom. The SMILES string of the molecule is CC(C)(C)OC(=O)NN=CC1CCCCC1. The monoisotopic (exact) mass is 226 g/mol. The lowest BCUT2D eigenvalue weighted by Gasteiger charge is -2.19. The van der Waals surface area contributed by atoms with Gasteiger partial charge in [-0.3, -0.25) is 0 Å². The third kappa shape index (κ3) is 5.73. The molecule has 1 rings (SSSR count). The first kappa shape index (κ1) is 13.0. The highest BCUT2D eigenvalue weighted by Crippen LogP contribution is 2.21. The summed E-state index contributed by atoms with van der Waals surface area (Å²) in [7, 11) is 0. The molecule has 1 aliphatic carbocycles. The van der Waals surface area contributed by atoms with Gasteiger partial charge in [0.1, 0.15) is 5.60 Å². The van der Waals surface area contributed by atoms with Gasteiger partial charge in [0.15, 0.2) is 0 Å². The molecule has 0 aliphatic heterocycles. The zero-order valence-electron chi connectivity index (χ0n) is 10.5. The van der Waals surface area contributed by atoms with Crippen LogP contribution in [0.5, 0.6) is 0 Å². The number of hydrogen-bond acceptors (Lipinski definition) is 3. The molecule has 1 fully saturated rings. The average molecular weight is 226 g/mol. The topological polar surface area (TPSA) is 50.7 Å². The van der Waals surface area contributed by atoms with Crippen LogP contribution in [0.1, 0.15) is 52.9 Å². The van der Waals surface area contributed by atoms with Gasteiger partial charge in [0, 0.05) is 6.21 Å². The Kier molecular flexibility index (Phi) is 4.77. The number of ether oxygens (including phenoxy) is 1. The van der Waals surface area contributed by atoms with Crippen LogP contribution in [0.2, 0.25) is 0 Å². The first-order chi connectivity index (χ1) is 7.47. The molecule has 0 aromatic heterocycles.